The van der Waals surface area contributed by atoms with Crippen LogP contribution in [0, 0.1) is 6.92 Å². The third-order valence-electron chi connectivity index (χ3n) is 3.42. The van der Waals surface area contributed by atoms with Crippen LogP contribution >= 0.6 is 22.7 Å². The largest absolute Gasteiger partial charge is 0.312 e. The van der Waals surface area contributed by atoms with Crippen molar-refractivity contribution in [2.75, 3.05) is 13.1 Å². The molecule has 0 bridgehead atoms. The number of hydrogen-bond donors (Lipinski definition) is 1. The van der Waals surface area contributed by atoms with E-state index in [-0.39, 0.29) is 0 Å². The Kier molecular flexibility index (Phi) is 6.23. The van der Waals surface area contributed by atoms with Gasteiger partial charge in [0.1, 0.15) is 0 Å². The lowest BCUT2D eigenvalue weighted by atomic mass is 10.2. The Labute approximate surface area is 130 Å². The van der Waals surface area contributed by atoms with Crippen molar-refractivity contribution in [3.8, 4) is 0 Å². The molecule has 0 radical (unpaired) electrons. The molecule has 2 heterocycles. The predicted molar refractivity (Wildman–Crippen MR) is 90.5 cm³/mol. The first-order valence-electron chi connectivity index (χ1n) is 7.26. The van der Waals surface area contributed by atoms with E-state index in [0.29, 0.717) is 0 Å². The van der Waals surface area contributed by atoms with Gasteiger partial charge in [0.25, 0.3) is 0 Å². The fourth-order valence-corrected chi connectivity index (χ4v) is 3.99. The highest BCUT2D eigenvalue weighted by Gasteiger charge is 2.10. The minimum atomic E-state index is 0.999. The maximum atomic E-state index is 3.41. The molecule has 2 rings (SSSR count). The maximum Gasteiger partial charge on any atom is 0.0331 e. The summed E-state index contributed by atoms with van der Waals surface area (Å²) in [5.74, 6) is 0. The van der Waals surface area contributed by atoms with Crippen LogP contribution in [0.5, 0.6) is 0 Å². The van der Waals surface area contributed by atoms with Crippen molar-refractivity contribution < 1.29 is 0 Å². The summed E-state index contributed by atoms with van der Waals surface area (Å²) in [6.07, 6.45) is 0. The Bertz CT molecular complexity index is 503. The first-order chi connectivity index (χ1) is 9.72. The summed E-state index contributed by atoms with van der Waals surface area (Å²) < 4.78 is 0. The molecular weight excluding hydrogens is 284 g/mol. The van der Waals surface area contributed by atoms with Gasteiger partial charge in [-0.05, 0) is 43.1 Å². The summed E-state index contributed by atoms with van der Waals surface area (Å²) in [6, 6.07) is 6.74. The van der Waals surface area contributed by atoms with E-state index < -0.39 is 0 Å². The monoisotopic (exact) mass is 308 g/mol. The molecule has 0 saturated carbocycles. The van der Waals surface area contributed by atoms with Crippen LogP contribution in [0.1, 0.15) is 34.0 Å². The molecule has 0 atom stereocenters. The number of nitrogens with one attached hydrogen (secondary N) is 1. The average Bonchev–Trinajstić information content (AvgIpc) is 3.06. The fourth-order valence-electron chi connectivity index (χ4n) is 2.22. The van der Waals surface area contributed by atoms with E-state index >= 15 is 0 Å². The van der Waals surface area contributed by atoms with Crippen molar-refractivity contribution in [2.45, 2.75) is 40.4 Å². The second kappa shape index (κ2) is 7.93. The van der Waals surface area contributed by atoms with Gasteiger partial charge >= 0.3 is 0 Å². The van der Waals surface area contributed by atoms with Crippen LogP contribution in [0.15, 0.2) is 23.6 Å². The zero-order chi connectivity index (χ0) is 14.4. The summed E-state index contributed by atoms with van der Waals surface area (Å²) in [5.41, 5.74) is 1.49. The van der Waals surface area contributed by atoms with Crippen molar-refractivity contribution in [3.63, 3.8) is 0 Å². The molecule has 0 aliphatic heterocycles. The standard InChI is InChI=1S/C16H24N2S2/c1-4-17-10-16-9-14(13(3)20-16)11-18(5-2)12-15-7-6-8-19-15/h6-9,17H,4-5,10-12H2,1-3H3. The van der Waals surface area contributed by atoms with Gasteiger partial charge in [0, 0.05) is 34.3 Å². The average molecular weight is 309 g/mol. The molecule has 1 N–H and O–H groups in total. The first-order valence-corrected chi connectivity index (χ1v) is 8.96. The van der Waals surface area contributed by atoms with Crippen LogP contribution in [0.25, 0.3) is 0 Å². The number of rotatable bonds is 8. The predicted octanol–water partition coefficient (Wildman–Crippen LogP) is 4.25. The van der Waals surface area contributed by atoms with Crippen LogP contribution in [-0.4, -0.2) is 18.0 Å². The molecule has 0 aliphatic carbocycles. The van der Waals surface area contributed by atoms with E-state index in [9.17, 15) is 0 Å². The van der Waals surface area contributed by atoms with E-state index in [2.05, 4.69) is 54.6 Å². The lowest BCUT2D eigenvalue weighted by molar-refractivity contribution is 0.273. The second-order valence-corrected chi connectivity index (χ2v) is 7.33. The lowest BCUT2D eigenvalue weighted by Crippen LogP contribution is -2.21. The molecule has 2 aromatic rings. The molecule has 0 aromatic carbocycles. The summed E-state index contributed by atoms with van der Waals surface area (Å²) in [4.78, 5) is 6.87. The van der Waals surface area contributed by atoms with Gasteiger partial charge in [-0.2, -0.15) is 0 Å². The Morgan fingerprint density at radius 2 is 2.05 bits per heavy atom. The molecule has 110 valence electrons. The van der Waals surface area contributed by atoms with Crippen LogP contribution < -0.4 is 5.32 Å². The van der Waals surface area contributed by atoms with Crippen LogP contribution in [0.3, 0.4) is 0 Å². The molecule has 0 aliphatic rings. The van der Waals surface area contributed by atoms with Gasteiger partial charge in [-0.1, -0.05) is 19.9 Å². The number of aryl methyl sites for hydroxylation is 1. The van der Waals surface area contributed by atoms with E-state index in [1.807, 2.05) is 22.7 Å². The van der Waals surface area contributed by atoms with Gasteiger partial charge < -0.3 is 5.32 Å². The SMILES string of the molecule is CCNCc1cc(CN(CC)Cc2cccs2)c(C)s1. The number of nitrogens with zero attached hydrogens (tertiary/aromatic N) is 1. The number of thiophene rings is 2. The van der Waals surface area contributed by atoms with Gasteiger partial charge in [0.15, 0.2) is 0 Å². The van der Waals surface area contributed by atoms with Gasteiger partial charge in [0.05, 0.1) is 0 Å². The van der Waals surface area contributed by atoms with E-state index in [0.717, 1.165) is 32.7 Å². The van der Waals surface area contributed by atoms with Crippen molar-refractivity contribution in [3.05, 3.63) is 43.8 Å². The van der Waals surface area contributed by atoms with Gasteiger partial charge in [-0.3, -0.25) is 4.90 Å². The van der Waals surface area contributed by atoms with Crippen LogP contribution in [-0.2, 0) is 19.6 Å². The van der Waals surface area contributed by atoms with Crippen LogP contribution in [0.4, 0.5) is 0 Å². The van der Waals surface area contributed by atoms with E-state index in [1.54, 1.807) is 0 Å². The molecule has 0 amide bonds. The summed E-state index contributed by atoms with van der Waals surface area (Å²) in [7, 11) is 0. The van der Waals surface area contributed by atoms with Crippen molar-refractivity contribution >= 4 is 22.7 Å². The Morgan fingerprint density at radius 1 is 1.20 bits per heavy atom. The minimum Gasteiger partial charge on any atom is -0.312 e. The molecule has 4 heteroatoms. The Hall–Kier alpha value is -0.680. The van der Waals surface area contributed by atoms with Crippen molar-refractivity contribution in [1.82, 2.24) is 10.2 Å². The van der Waals surface area contributed by atoms with Crippen molar-refractivity contribution in [1.29, 1.82) is 0 Å². The zero-order valence-electron chi connectivity index (χ0n) is 12.6. The van der Waals surface area contributed by atoms with Crippen molar-refractivity contribution in [2.24, 2.45) is 0 Å². The molecule has 2 nitrogen and oxygen atoms in total. The Morgan fingerprint density at radius 3 is 2.70 bits per heavy atom. The molecule has 20 heavy (non-hydrogen) atoms. The van der Waals surface area contributed by atoms with Gasteiger partial charge in [-0.25, -0.2) is 0 Å². The highest BCUT2D eigenvalue weighted by Crippen LogP contribution is 2.24. The highest BCUT2D eigenvalue weighted by molar-refractivity contribution is 7.12. The maximum absolute atomic E-state index is 3.41. The quantitative estimate of drug-likeness (QED) is 0.784. The topological polar surface area (TPSA) is 15.3 Å². The molecular formula is C16H24N2S2. The number of hydrogen-bond acceptors (Lipinski definition) is 4. The van der Waals surface area contributed by atoms with E-state index in [1.165, 1.54) is 20.2 Å². The second-order valence-electron chi connectivity index (χ2n) is 4.96. The third-order valence-corrected chi connectivity index (χ3v) is 5.38. The molecule has 2 aromatic heterocycles. The Balaban J connectivity index is 1.98. The van der Waals surface area contributed by atoms with E-state index in [4.69, 9.17) is 0 Å². The molecule has 0 spiro atoms. The highest BCUT2D eigenvalue weighted by atomic mass is 32.1. The fraction of sp³-hybridized carbons (Fsp3) is 0.500. The molecule has 0 unspecified atom stereocenters. The molecule has 0 fully saturated rings. The van der Waals surface area contributed by atoms with Crippen LogP contribution in [0.2, 0.25) is 0 Å². The minimum absolute atomic E-state index is 0.999. The normalized spacial score (nSPS) is 11.4. The molecule has 0 saturated heterocycles. The summed E-state index contributed by atoms with van der Waals surface area (Å²) >= 11 is 3.78. The summed E-state index contributed by atoms with van der Waals surface area (Å²) in [6.45, 7) is 11.9. The third kappa shape index (κ3) is 4.42. The smallest absolute Gasteiger partial charge is 0.0331 e. The van der Waals surface area contributed by atoms with Gasteiger partial charge in [-0.15, -0.1) is 22.7 Å². The lowest BCUT2D eigenvalue weighted by Gasteiger charge is -2.19. The zero-order valence-corrected chi connectivity index (χ0v) is 14.2. The summed E-state index contributed by atoms with van der Waals surface area (Å²) in [5, 5.41) is 5.57. The van der Waals surface area contributed by atoms with Gasteiger partial charge in [0.2, 0.25) is 0 Å². The first kappa shape index (κ1) is 15.7.